The van der Waals surface area contributed by atoms with Crippen LogP contribution in [0.15, 0.2) is 54.6 Å². The third kappa shape index (κ3) is 7.49. The summed E-state index contributed by atoms with van der Waals surface area (Å²) in [5.41, 5.74) is -14.2. The van der Waals surface area contributed by atoms with Gasteiger partial charge in [0, 0.05) is 6.07 Å². The number of nitrogens with zero attached hydrogens (tertiary/aromatic N) is 1. The molecule has 3 nitrogen and oxygen atoms in total. The zero-order chi connectivity index (χ0) is 45.7. The van der Waals surface area contributed by atoms with Gasteiger partial charge in [0.2, 0.25) is 3.57 Å². The summed E-state index contributed by atoms with van der Waals surface area (Å²) in [4.78, 5) is 10.3. The Morgan fingerprint density at radius 3 is 0.852 bits per heavy atom. The number of nitro groups is 1. The van der Waals surface area contributed by atoms with Gasteiger partial charge in [0.1, 0.15) is 52.7 Å². The summed E-state index contributed by atoms with van der Waals surface area (Å²) in [5.74, 6) is -71.4. The van der Waals surface area contributed by atoms with Gasteiger partial charge < -0.3 is 0 Å². The van der Waals surface area contributed by atoms with Gasteiger partial charge in [-0.05, 0) is 18.2 Å². The SMILES string of the molecule is Fc1c(F)c(F)c([B-](c2c(F)c(F)c(F)c(F)c2F)(c2c(F)c(F)c(F)c(F)c2F)c2c(F)c(F)c(F)c(F)c2F)c(F)c1F.O=[N+]([O-])c1cccc([I+]c2ccccc2)c1. The highest BCUT2D eigenvalue weighted by atomic mass is 127. The molecular formula is C36H9BF20INO2. The third-order valence-electron chi connectivity index (χ3n) is 8.68. The summed E-state index contributed by atoms with van der Waals surface area (Å²) in [6, 6.07) is 17.0. The van der Waals surface area contributed by atoms with Crippen molar-refractivity contribution in [3.63, 3.8) is 0 Å². The van der Waals surface area contributed by atoms with Crippen molar-refractivity contribution < 1.29 is 114 Å². The molecule has 320 valence electrons. The Hall–Kier alpha value is -5.89. The molecule has 6 aromatic rings. The van der Waals surface area contributed by atoms with Crippen molar-refractivity contribution in [2.75, 3.05) is 0 Å². The van der Waals surface area contributed by atoms with E-state index in [1.54, 1.807) is 12.1 Å². The fourth-order valence-corrected chi connectivity index (χ4v) is 8.48. The molecule has 0 aromatic heterocycles. The van der Waals surface area contributed by atoms with E-state index in [9.17, 15) is 62.8 Å². The van der Waals surface area contributed by atoms with Gasteiger partial charge >= 0.3 is 21.2 Å². The van der Waals surface area contributed by atoms with Gasteiger partial charge in [0.15, 0.2) is 73.4 Å². The molecule has 0 aliphatic heterocycles. The second-order valence-corrected chi connectivity index (χ2v) is 15.0. The minimum Gasteiger partial charge on any atom is -0.258 e. The van der Waals surface area contributed by atoms with Gasteiger partial charge in [-0.2, -0.15) is 0 Å². The Kier molecular flexibility index (Phi) is 13.1. The van der Waals surface area contributed by atoms with Crippen LogP contribution >= 0.6 is 0 Å². The molecule has 61 heavy (non-hydrogen) atoms. The van der Waals surface area contributed by atoms with Crippen LogP contribution in [-0.4, -0.2) is 11.1 Å². The van der Waals surface area contributed by atoms with E-state index in [2.05, 4.69) is 12.1 Å². The molecular weight excluding hydrogens is 996 g/mol. The summed E-state index contributed by atoms with van der Waals surface area (Å²) in [6.45, 7) is 0. The van der Waals surface area contributed by atoms with Gasteiger partial charge in [-0.15, -0.1) is 21.9 Å². The van der Waals surface area contributed by atoms with Crippen LogP contribution in [0.5, 0.6) is 0 Å². The summed E-state index contributed by atoms with van der Waals surface area (Å²) in [5, 5.41) is 10.6. The summed E-state index contributed by atoms with van der Waals surface area (Å²) < 4.78 is 296. The zero-order valence-electron chi connectivity index (χ0n) is 28.5. The molecule has 6 rings (SSSR count). The molecule has 0 bridgehead atoms. The molecule has 25 heteroatoms. The molecule has 0 atom stereocenters. The predicted octanol–water partition coefficient (Wildman–Crippen LogP) is 5.57. The first-order chi connectivity index (χ1) is 28.5. The second kappa shape index (κ2) is 17.2. The summed E-state index contributed by atoms with van der Waals surface area (Å²) in [7, 11) is 0. The molecule has 0 aliphatic rings. The van der Waals surface area contributed by atoms with Crippen molar-refractivity contribution in [1.82, 2.24) is 0 Å². The highest BCUT2D eigenvalue weighted by Crippen LogP contribution is 2.30. The van der Waals surface area contributed by atoms with Crippen molar-refractivity contribution in [1.29, 1.82) is 0 Å². The lowest BCUT2D eigenvalue weighted by Gasteiger charge is -2.44. The van der Waals surface area contributed by atoms with E-state index in [0.717, 1.165) is 3.57 Å². The van der Waals surface area contributed by atoms with Crippen molar-refractivity contribution in [2.24, 2.45) is 0 Å². The molecule has 0 heterocycles. The molecule has 0 fully saturated rings. The lowest BCUT2D eigenvalue weighted by atomic mass is 9.12. The van der Waals surface area contributed by atoms with Crippen molar-refractivity contribution >= 4 is 33.7 Å². The lowest BCUT2D eigenvalue weighted by molar-refractivity contribution is -0.597. The number of benzene rings is 6. The first-order valence-electron chi connectivity index (χ1n) is 15.6. The van der Waals surface area contributed by atoms with E-state index in [1.807, 2.05) is 24.3 Å². The Bertz CT molecular complexity index is 2390. The minimum absolute atomic E-state index is 0.174. The topological polar surface area (TPSA) is 43.1 Å². The van der Waals surface area contributed by atoms with E-state index in [4.69, 9.17) is 0 Å². The maximum Gasteiger partial charge on any atom is 0.358 e. The number of hydrogen-bond donors (Lipinski definition) is 0. The molecule has 0 unspecified atom stereocenters. The lowest BCUT2D eigenvalue weighted by Crippen LogP contribution is -3.61. The van der Waals surface area contributed by atoms with Crippen LogP contribution in [0.25, 0.3) is 0 Å². The molecule has 6 aromatic carbocycles. The quantitative estimate of drug-likeness (QED) is 0.0400. The van der Waals surface area contributed by atoms with Crippen molar-refractivity contribution in [2.45, 2.75) is 0 Å². The van der Waals surface area contributed by atoms with Crippen molar-refractivity contribution in [3.05, 3.63) is 188 Å². The van der Waals surface area contributed by atoms with Crippen LogP contribution in [0.4, 0.5) is 93.5 Å². The van der Waals surface area contributed by atoms with E-state index in [1.165, 1.54) is 9.64 Å². The monoisotopic (exact) mass is 1000 g/mol. The average Bonchev–Trinajstić information content (AvgIpc) is 3.24. The minimum atomic E-state index is -7.22. The van der Waals surface area contributed by atoms with Crippen LogP contribution in [0.3, 0.4) is 0 Å². The van der Waals surface area contributed by atoms with Crippen LogP contribution in [0, 0.1) is 134 Å². The predicted molar refractivity (Wildman–Crippen MR) is 166 cm³/mol. The van der Waals surface area contributed by atoms with Crippen LogP contribution in [0.2, 0.25) is 0 Å². The number of hydrogen-bond acceptors (Lipinski definition) is 2. The fourth-order valence-electron chi connectivity index (χ4n) is 6.13. The van der Waals surface area contributed by atoms with Crippen LogP contribution < -0.4 is 43.1 Å². The van der Waals surface area contributed by atoms with Crippen molar-refractivity contribution in [3.8, 4) is 0 Å². The number of nitro benzene ring substituents is 1. The Morgan fingerprint density at radius 2 is 0.590 bits per heavy atom. The van der Waals surface area contributed by atoms with Crippen LogP contribution in [0.1, 0.15) is 0 Å². The maximum absolute atomic E-state index is 15.4. The first kappa shape index (κ1) is 46.2. The van der Waals surface area contributed by atoms with E-state index in [-0.39, 0.29) is 31.8 Å². The Morgan fingerprint density at radius 1 is 0.344 bits per heavy atom. The number of non-ortho nitro benzene ring substituents is 1. The molecule has 0 aliphatic carbocycles. The molecule has 0 saturated carbocycles. The second-order valence-electron chi connectivity index (χ2n) is 11.9. The van der Waals surface area contributed by atoms with Gasteiger partial charge in [-0.25, -0.2) is 87.8 Å². The highest BCUT2D eigenvalue weighted by Gasteiger charge is 2.52. The molecule has 0 radical (unpaired) electrons. The average molecular weight is 1010 g/mol. The number of halogens is 21. The fraction of sp³-hybridized carbons (Fsp3) is 0. The van der Waals surface area contributed by atoms with E-state index >= 15 is 35.1 Å². The number of rotatable bonds is 7. The standard InChI is InChI=1S/C24BF20.C12H9INO2/c26-5-1(6(27)14(35)21(42)13(5)34)25(2-7(28)15(36)22(43)16(37)8(2)29,3-9(30)17(38)23(44)18(39)10(3)31)4-11(32)19(40)24(45)20(41)12(4)33;15-14(16)12-8-4-7-11(9-12)13-10-5-2-1-3-6-10/h;1-9H/q-1;+1. The van der Waals surface area contributed by atoms with Gasteiger partial charge in [-0.1, -0.05) is 24.3 Å². The van der Waals surface area contributed by atoms with E-state index < -0.39 is 144 Å². The Labute approximate surface area is 335 Å². The Balaban J connectivity index is 0.000000366. The zero-order valence-corrected chi connectivity index (χ0v) is 30.6. The molecule has 0 N–H and O–H groups in total. The van der Waals surface area contributed by atoms with Gasteiger partial charge in [-0.3, -0.25) is 10.1 Å². The highest BCUT2D eigenvalue weighted by molar-refractivity contribution is 7.20. The molecule has 0 spiro atoms. The third-order valence-corrected chi connectivity index (χ3v) is 11.3. The van der Waals surface area contributed by atoms with E-state index in [0.29, 0.717) is 0 Å². The summed E-state index contributed by atoms with van der Waals surface area (Å²) >= 11 is -0.318. The van der Waals surface area contributed by atoms with Gasteiger partial charge in [0.05, 0.1) is 11.0 Å². The largest absolute Gasteiger partial charge is 0.358 e. The molecule has 0 saturated heterocycles. The van der Waals surface area contributed by atoms with Gasteiger partial charge in [0.25, 0.3) is 5.69 Å². The normalized spacial score (nSPS) is 11.5. The smallest absolute Gasteiger partial charge is 0.258 e. The van der Waals surface area contributed by atoms with Crippen LogP contribution in [-0.2, 0) is 0 Å². The first-order valence-corrected chi connectivity index (χ1v) is 17.8. The molecule has 0 amide bonds. The maximum atomic E-state index is 15.4. The summed E-state index contributed by atoms with van der Waals surface area (Å²) in [6.07, 6.45) is -7.22.